The van der Waals surface area contributed by atoms with E-state index in [0.717, 1.165) is 29.3 Å². The number of benzene rings is 1. The van der Waals surface area contributed by atoms with Crippen molar-refractivity contribution in [2.45, 2.75) is 43.9 Å². The van der Waals surface area contributed by atoms with Gasteiger partial charge in [0.25, 0.3) is 0 Å². The summed E-state index contributed by atoms with van der Waals surface area (Å²) in [7, 11) is 3.48. The van der Waals surface area contributed by atoms with Crippen LogP contribution in [0.25, 0.3) is 0 Å². The SMILES string of the molecule is COc1c[c-]cc(C23CC4CC(CC(C4)C2)C3)c1OC.[Br-].[Cl-].[Li+].[Mg+2]. The summed E-state index contributed by atoms with van der Waals surface area (Å²) in [6.07, 6.45) is 8.43. The first-order chi connectivity index (χ1) is 9.74. The van der Waals surface area contributed by atoms with Gasteiger partial charge in [0.2, 0.25) is 0 Å². The number of ether oxygens (including phenoxy) is 2. The Morgan fingerprint density at radius 2 is 1.46 bits per heavy atom. The second kappa shape index (κ2) is 9.76. The van der Waals surface area contributed by atoms with Gasteiger partial charge in [0.1, 0.15) is 0 Å². The molecule has 4 saturated carbocycles. The molecule has 0 radical (unpaired) electrons. The molecule has 4 aliphatic rings. The summed E-state index contributed by atoms with van der Waals surface area (Å²) < 4.78 is 11.2. The van der Waals surface area contributed by atoms with Crippen LogP contribution in [-0.4, -0.2) is 37.3 Å². The van der Waals surface area contributed by atoms with Crippen LogP contribution in [0.4, 0.5) is 0 Å². The summed E-state index contributed by atoms with van der Waals surface area (Å²) in [5.41, 5.74) is 1.70. The van der Waals surface area contributed by atoms with Gasteiger partial charge in [-0.1, -0.05) is 19.3 Å². The van der Waals surface area contributed by atoms with Gasteiger partial charge in [-0.3, -0.25) is 0 Å². The molecule has 4 aliphatic carbocycles. The molecule has 6 heteroatoms. The van der Waals surface area contributed by atoms with Gasteiger partial charge < -0.3 is 38.9 Å². The van der Waals surface area contributed by atoms with Crippen molar-refractivity contribution in [1.29, 1.82) is 0 Å². The number of methoxy groups -OCH3 is 2. The molecule has 4 fully saturated rings. The fraction of sp³-hybridized carbons (Fsp3) is 0.667. The molecule has 1 aromatic rings. The second-order valence-electron chi connectivity index (χ2n) is 7.17. The maximum Gasteiger partial charge on any atom is 2.00 e. The molecule has 0 amide bonds. The first-order valence-corrected chi connectivity index (χ1v) is 7.86. The molecule has 0 aromatic heterocycles. The molecule has 1 aromatic carbocycles. The number of hydrogen-bond donors (Lipinski definition) is 0. The zero-order valence-corrected chi connectivity index (χ0v) is 18.7. The minimum Gasteiger partial charge on any atom is -1.00 e. The van der Waals surface area contributed by atoms with E-state index in [1.165, 1.54) is 44.1 Å². The molecule has 0 spiro atoms. The quantitative estimate of drug-likeness (QED) is 0.361. The van der Waals surface area contributed by atoms with Crippen LogP contribution in [0.3, 0.4) is 0 Å². The zero-order chi connectivity index (χ0) is 13.7. The van der Waals surface area contributed by atoms with Gasteiger partial charge in [0, 0.05) is 5.75 Å². The maximum absolute atomic E-state index is 5.71. The molecule has 0 heterocycles. The minimum atomic E-state index is 0. The van der Waals surface area contributed by atoms with Gasteiger partial charge in [-0.05, 0) is 42.4 Å². The van der Waals surface area contributed by atoms with E-state index in [2.05, 4.69) is 12.1 Å². The summed E-state index contributed by atoms with van der Waals surface area (Å²) in [6, 6.07) is 7.33. The third-order valence-electron chi connectivity index (χ3n) is 5.94. The Morgan fingerprint density at radius 3 is 1.88 bits per heavy atom. The van der Waals surface area contributed by atoms with Gasteiger partial charge >= 0.3 is 41.9 Å². The standard InChI is InChI=1S/C18H23O2.BrH.ClH.Li.Mg/c1-19-16-5-3-4-15(17(16)20-2)18-9-12-6-13(10-18)8-14(7-12)11-18;;;;/h4-5,12-14H,6-11H2,1-2H3;2*1H;;/q-1;;;+1;+2/p-2. The van der Waals surface area contributed by atoms with Crippen molar-refractivity contribution in [2.75, 3.05) is 14.2 Å². The van der Waals surface area contributed by atoms with Gasteiger partial charge in [-0.25, -0.2) is 0 Å². The molecule has 5 rings (SSSR count). The Kier molecular flexibility index (Phi) is 10.2. The predicted molar refractivity (Wildman–Crippen MR) is 84.0 cm³/mol. The summed E-state index contributed by atoms with van der Waals surface area (Å²) in [5, 5.41) is 0. The van der Waals surface area contributed by atoms with E-state index in [0.29, 0.717) is 5.41 Å². The Morgan fingerprint density at radius 1 is 0.958 bits per heavy atom. The molecule has 4 bridgehead atoms. The van der Waals surface area contributed by atoms with Crippen molar-refractivity contribution < 1.29 is 57.7 Å². The Labute approximate surface area is 190 Å². The first kappa shape index (κ1) is 25.0. The van der Waals surface area contributed by atoms with Crippen LogP contribution in [0.5, 0.6) is 11.5 Å². The monoisotopic (exact) mass is 416 g/mol. The molecule has 0 aliphatic heterocycles. The fourth-order valence-electron chi connectivity index (χ4n) is 5.66. The van der Waals surface area contributed by atoms with E-state index in [1.54, 1.807) is 14.2 Å². The third kappa shape index (κ3) is 4.10. The topological polar surface area (TPSA) is 18.5 Å². The molecular weight excluding hydrogens is 395 g/mol. The smallest absolute Gasteiger partial charge is 1.00 e. The first-order valence-electron chi connectivity index (χ1n) is 7.86. The van der Waals surface area contributed by atoms with E-state index in [9.17, 15) is 0 Å². The van der Waals surface area contributed by atoms with Crippen molar-refractivity contribution in [3.8, 4) is 11.5 Å². The van der Waals surface area contributed by atoms with Crippen molar-refractivity contribution >= 4 is 23.1 Å². The van der Waals surface area contributed by atoms with E-state index in [4.69, 9.17) is 9.47 Å². The molecular formula is C18H23BrClLiMgO2. The van der Waals surface area contributed by atoms with E-state index in [1.807, 2.05) is 6.07 Å². The van der Waals surface area contributed by atoms with Gasteiger partial charge in [-0.15, -0.1) is 11.6 Å². The summed E-state index contributed by atoms with van der Waals surface area (Å²) >= 11 is 0. The van der Waals surface area contributed by atoms with Crippen molar-refractivity contribution in [3.63, 3.8) is 0 Å². The van der Waals surface area contributed by atoms with Crippen LogP contribution in [-0.2, 0) is 5.41 Å². The molecule has 2 nitrogen and oxygen atoms in total. The molecule has 24 heavy (non-hydrogen) atoms. The average molecular weight is 418 g/mol. The van der Waals surface area contributed by atoms with E-state index >= 15 is 0 Å². The number of halogens is 2. The second-order valence-corrected chi connectivity index (χ2v) is 7.17. The average Bonchev–Trinajstić information content (AvgIpc) is 2.44. The van der Waals surface area contributed by atoms with E-state index in [-0.39, 0.29) is 71.3 Å². The summed E-state index contributed by atoms with van der Waals surface area (Å²) in [5.74, 6) is 4.61. The van der Waals surface area contributed by atoms with Crippen LogP contribution in [0.2, 0.25) is 0 Å². The van der Waals surface area contributed by atoms with Crippen molar-refractivity contribution in [1.82, 2.24) is 0 Å². The normalized spacial score (nSPS) is 31.7. The van der Waals surface area contributed by atoms with Gasteiger partial charge in [0.05, 0.1) is 20.0 Å². The summed E-state index contributed by atoms with van der Waals surface area (Å²) in [6.45, 7) is 0. The summed E-state index contributed by atoms with van der Waals surface area (Å²) in [4.78, 5) is 0. The molecule has 0 atom stereocenters. The predicted octanol–water partition coefficient (Wildman–Crippen LogP) is -5.40. The molecule has 124 valence electrons. The Bertz CT molecular complexity index is 508. The van der Waals surface area contributed by atoms with Crippen LogP contribution < -0.4 is 57.7 Å². The van der Waals surface area contributed by atoms with Crippen LogP contribution in [0.1, 0.15) is 44.1 Å². The molecule has 0 unspecified atom stereocenters. The molecule has 0 N–H and O–H groups in total. The minimum absolute atomic E-state index is 0. The Hall–Kier alpha value is 0.954. The van der Waals surface area contributed by atoms with Crippen molar-refractivity contribution in [2.24, 2.45) is 17.8 Å². The Balaban J connectivity index is 0.00000132. The third-order valence-corrected chi connectivity index (χ3v) is 5.94. The zero-order valence-electron chi connectivity index (χ0n) is 14.9. The fourth-order valence-corrected chi connectivity index (χ4v) is 5.66. The van der Waals surface area contributed by atoms with E-state index < -0.39 is 0 Å². The van der Waals surface area contributed by atoms with Gasteiger partial charge in [0.15, 0.2) is 0 Å². The van der Waals surface area contributed by atoms with Gasteiger partial charge in [-0.2, -0.15) is 12.1 Å². The number of rotatable bonds is 3. The maximum atomic E-state index is 5.71. The van der Waals surface area contributed by atoms with Crippen molar-refractivity contribution in [3.05, 3.63) is 23.8 Å². The van der Waals surface area contributed by atoms with Crippen LogP contribution >= 0.6 is 0 Å². The largest absolute Gasteiger partial charge is 2.00 e. The van der Waals surface area contributed by atoms with Crippen LogP contribution in [0, 0.1) is 23.8 Å². The number of hydrogen-bond acceptors (Lipinski definition) is 2. The molecule has 0 saturated heterocycles. The van der Waals surface area contributed by atoms with Crippen LogP contribution in [0.15, 0.2) is 12.1 Å².